The third kappa shape index (κ3) is 4.61. The summed E-state index contributed by atoms with van der Waals surface area (Å²) in [5.41, 5.74) is 0. The van der Waals surface area contributed by atoms with Crippen molar-refractivity contribution in [3.05, 3.63) is 0 Å². The second-order valence-corrected chi connectivity index (χ2v) is 2.29. The van der Waals surface area contributed by atoms with E-state index in [-0.39, 0.29) is 18.7 Å². The third-order valence-corrected chi connectivity index (χ3v) is 1.39. The molecule has 66 valence electrons. The van der Waals surface area contributed by atoms with Crippen molar-refractivity contribution in [3.8, 4) is 0 Å². The SMILES string of the molecule is CCNC(=O)N[C@@H](CC)CO. The Hall–Kier alpha value is -0.770. The van der Waals surface area contributed by atoms with Crippen LogP contribution in [0.25, 0.3) is 0 Å². The zero-order valence-corrected chi connectivity index (χ0v) is 7.05. The van der Waals surface area contributed by atoms with Gasteiger partial charge >= 0.3 is 6.03 Å². The van der Waals surface area contributed by atoms with E-state index in [9.17, 15) is 4.79 Å². The van der Waals surface area contributed by atoms with E-state index in [1.807, 2.05) is 13.8 Å². The van der Waals surface area contributed by atoms with Crippen LogP contribution in [0.2, 0.25) is 0 Å². The van der Waals surface area contributed by atoms with E-state index in [1.165, 1.54) is 0 Å². The lowest BCUT2D eigenvalue weighted by Crippen LogP contribution is -2.43. The van der Waals surface area contributed by atoms with Crippen molar-refractivity contribution in [2.45, 2.75) is 26.3 Å². The molecule has 0 saturated heterocycles. The lowest BCUT2D eigenvalue weighted by Gasteiger charge is -2.13. The van der Waals surface area contributed by atoms with Gasteiger partial charge < -0.3 is 15.7 Å². The first-order chi connectivity index (χ1) is 5.24. The lowest BCUT2D eigenvalue weighted by atomic mass is 10.2. The van der Waals surface area contributed by atoms with Crippen LogP contribution in [0.3, 0.4) is 0 Å². The molecule has 11 heavy (non-hydrogen) atoms. The van der Waals surface area contributed by atoms with Gasteiger partial charge in [-0.15, -0.1) is 0 Å². The van der Waals surface area contributed by atoms with Crippen LogP contribution in [0.4, 0.5) is 4.79 Å². The monoisotopic (exact) mass is 160 g/mol. The highest BCUT2D eigenvalue weighted by Crippen LogP contribution is 1.87. The highest BCUT2D eigenvalue weighted by Gasteiger charge is 2.06. The van der Waals surface area contributed by atoms with Crippen LogP contribution in [0.15, 0.2) is 0 Å². The maximum absolute atomic E-state index is 10.8. The first-order valence-corrected chi connectivity index (χ1v) is 3.89. The molecule has 2 amide bonds. The molecule has 0 spiro atoms. The van der Waals surface area contributed by atoms with Crippen LogP contribution in [0.1, 0.15) is 20.3 Å². The van der Waals surface area contributed by atoms with Crippen LogP contribution in [0.5, 0.6) is 0 Å². The van der Waals surface area contributed by atoms with Gasteiger partial charge in [0.05, 0.1) is 12.6 Å². The predicted molar refractivity (Wildman–Crippen MR) is 43.4 cm³/mol. The minimum Gasteiger partial charge on any atom is -0.394 e. The summed E-state index contributed by atoms with van der Waals surface area (Å²) in [7, 11) is 0. The second kappa shape index (κ2) is 5.97. The van der Waals surface area contributed by atoms with Crippen molar-refractivity contribution in [1.82, 2.24) is 10.6 Å². The molecule has 0 aliphatic heterocycles. The minimum atomic E-state index is -0.214. The number of carbonyl (C=O) groups excluding carboxylic acids is 1. The summed E-state index contributed by atoms with van der Waals surface area (Å²) in [4.78, 5) is 10.8. The molecule has 0 aromatic rings. The Bertz CT molecular complexity index is 113. The number of hydrogen-bond donors (Lipinski definition) is 3. The fourth-order valence-electron chi connectivity index (χ4n) is 0.674. The highest BCUT2D eigenvalue weighted by atomic mass is 16.3. The number of aliphatic hydroxyl groups is 1. The summed E-state index contributed by atoms with van der Waals surface area (Å²) in [6.07, 6.45) is 0.744. The quantitative estimate of drug-likeness (QED) is 0.545. The van der Waals surface area contributed by atoms with E-state index in [1.54, 1.807) is 0 Å². The first kappa shape index (κ1) is 10.2. The topological polar surface area (TPSA) is 61.4 Å². The summed E-state index contributed by atoms with van der Waals surface area (Å²) in [6, 6.07) is -0.338. The van der Waals surface area contributed by atoms with Gasteiger partial charge in [-0.05, 0) is 13.3 Å². The van der Waals surface area contributed by atoms with Crippen LogP contribution in [-0.4, -0.2) is 30.3 Å². The largest absolute Gasteiger partial charge is 0.394 e. The number of rotatable bonds is 4. The number of nitrogens with one attached hydrogen (secondary N) is 2. The van der Waals surface area contributed by atoms with Crippen molar-refractivity contribution in [3.63, 3.8) is 0 Å². The number of amides is 2. The molecule has 0 rings (SSSR count). The van der Waals surface area contributed by atoms with Gasteiger partial charge in [0.2, 0.25) is 0 Å². The number of aliphatic hydroxyl groups excluding tert-OH is 1. The molecule has 4 heteroatoms. The van der Waals surface area contributed by atoms with Crippen molar-refractivity contribution >= 4 is 6.03 Å². The maximum Gasteiger partial charge on any atom is 0.315 e. The Labute approximate surface area is 67.0 Å². The minimum absolute atomic E-state index is 0.00632. The molecule has 0 saturated carbocycles. The molecule has 0 bridgehead atoms. The van der Waals surface area contributed by atoms with Gasteiger partial charge in [0.15, 0.2) is 0 Å². The molecule has 0 aromatic heterocycles. The number of carbonyl (C=O) groups is 1. The zero-order chi connectivity index (χ0) is 8.69. The van der Waals surface area contributed by atoms with Crippen molar-refractivity contribution in [1.29, 1.82) is 0 Å². The fraction of sp³-hybridized carbons (Fsp3) is 0.857. The summed E-state index contributed by atoms with van der Waals surface area (Å²) in [6.45, 7) is 4.36. The van der Waals surface area contributed by atoms with Gasteiger partial charge in [-0.3, -0.25) is 0 Å². The summed E-state index contributed by atoms with van der Waals surface area (Å²) in [5, 5.41) is 13.9. The smallest absolute Gasteiger partial charge is 0.315 e. The number of urea groups is 1. The Kier molecular flexibility index (Phi) is 5.56. The maximum atomic E-state index is 10.8. The third-order valence-electron chi connectivity index (χ3n) is 1.39. The Morgan fingerprint density at radius 3 is 2.55 bits per heavy atom. The van der Waals surface area contributed by atoms with E-state index in [0.29, 0.717) is 6.54 Å². The predicted octanol–water partition coefficient (Wildman–Crippen LogP) is 0.0764. The van der Waals surface area contributed by atoms with Crippen molar-refractivity contribution < 1.29 is 9.90 Å². The molecule has 0 fully saturated rings. The molecular weight excluding hydrogens is 144 g/mol. The molecule has 0 aromatic carbocycles. The van der Waals surface area contributed by atoms with Crippen LogP contribution in [0, 0.1) is 0 Å². The normalized spacial score (nSPS) is 12.3. The van der Waals surface area contributed by atoms with E-state index in [0.717, 1.165) is 6.42 Å². The summed E-state index contributed by atoms with van der Waals surface area (Å²) < 4.78 is 0. The highest BCUT2D eigenvalue weighted by molar-refractivity contribution is 5.74. The van der Waals surface area contributed by atoms with Gasteiger partial charge in [0.25, 0.3) is 0 Å². The second-order valence-electron chi connectivity index (χ2n) is 2.29. The molecule has 3 N–H and O–H groups in total. The van der Waals surface area contributed by atoms with Gasteiger partial charge in [-0.2, -0.15) is 0 Å². The first-order valence-electron chi connectivity index (χ1n) is 3.89. The van der Waals surface area contributed by atoms with E-state index >= 15 is 0 Å². The van der Waals surface area contributed by atoms with E-state index in [4.69, 9.17) is 5.11 Å². The van der Waals surface area contributed by atoms with E-state index in [2.05, 4.69) is 10.6 Å². The molecule has 0 aliphatic rings. The molecule has 0 aliphatic carbocycles. The fourth-order valence-corrected chi connectivity index (χ4v) is 0.674. The van der Waals surface area contributed by atoms with Gasteiger partial charge in [0, 0.05) is 6.54 Å². The van der Waals surface area contributed by atoms with Gasteiger partial charge in [-0.1, -0.05) is 6.92 Å². The average molecular weight is 160 g/mol. The summed E-state index contributed by atoms with van der Waals surface area (Å²) >= 11 is 0. The standard InChI is InChI=1S/C7H16N2O2/c1-3-6(5-10)9-7(11)8-4-2/h6,10H,3-5H2,1-2H3,(H2,8,9,11)/t6-/m0/s1. The Balaban J connectivity index is 3.54. The zero-order valence-electron chi connectivity index (χ0n) is 7.05. The molecule has 0 unspecified atom stereocenters. The van der Waals surface area contributed by atoms with Crippen LogP contribution >= 0.6 is 0 Å². The Morgan fingerprint density at radius 2 is 2.18 bits per heavy atom. The van der Waals surface area contributed by atoms with Crippen LogP contribution < -0.4 is 10.6 Å². The molecular formula is C7H16N2O2. The van der Waals surface area contributed by atoms with E-state index < -0.39 is 0 Å². The van der Waals surface area contributed by atoms with Crippen molar-refractivity contribution in [2.75, 3.05) is 13.2 Å². The molecule has 1 atom stereocenters. The summed E-state index contributed by atoms with van der Waals surface area (Å²) in [5.74, 6) is 0. The number of hydrogen-bond acceptors (Lipinski definition) is 2. The lowest BCUT2D eigenvalue weighted by molar-refractivity contribution is 0.215. The van der Waals surface area contributed by atoms with Crippen molar-refractivity contribution in [2.24, 2.45) is 0 Å². The van der Waals surface area contributed by atoms with Gasteiger partial charge in [-0.25, -0.2) is 4.79 Å². The van der Waals surface area contributed by atoms with Gasteiger partial charge in [0.1, 0.15) is 0 Å². The molecule has 4 nitrogen and oxygen atoms in total. The Morgan fingerprint density at radius 1 is 1.55 bits per heavy atom. The average Bonchev–Trinajstić information content (AvgIpc) is 2.01. The molecule has 0 heterocycles. The molecule has 0 radical (unpaired) electrons. The van der Waals surface area contributed by atoms with Crippen LogP contribution in [-0.2, 0) is 0 Å².